The van der Waals surface area contributed by atoms with Gasteiger partial charge in [0.25, 0.3) is 5.91 Å². The number of nitrogens with zero attached hydrogens (tertiary/aromatic N) is 3. The lowest BCUT2D eigenvalue weighted by Gasteiger charge is -2.27. The number of methoxy groups -OCH3 is 3. The van der Waals surface area contributed by atoms with Gasteiger partial charge in [-0.15, -0.1) is 10.2 Å². The molecule has 0 unspecified atom stereocenters. The van der Waals surface area contributed by atoms with Crippen LogP contribution >= 0.6 is 0 Å². The highest BCUT2D eigenvalue weighted by Crippen LogP contribution is 2.40. The number of nitrogens with one attached hydrogen (secondary N) is 1. The lowest BCUT2D eigenvalue weighted by molar-refractivity contribution is 0.102. The van der Waals surface area contributed by atoms with E-state index in [0.717, 1.165) is 31.7 Å². The molecule has 0 saturated carbocycles. The zero-order chi connectivity index (χ0) is 19.2. The predicted molar refractivity (Wildman–Crippen MR) is 102 cm³/mol. The van der Waals surface area contributed by atoms with Crippen LogP contribution in [0.2, 0.25) is 0 Å². The molecule has 0 aliphatic carbocycles. The minimum Gasteiger partial charge on any atom is -0.493 e. The van der Waals surface area contributed by atoms with Gasteiger partial charge in [-0.3, -0.25) is 4.79 Å². The number of amides is 1. The Labute approximate surface area is 158 Å². The van der Waals surface area contributed by atoms with Crippen molar-refractivity contribution < 1.29 is 19.0 Å². The van der Waals surface area contributed by atoms with Crippen molar-refractivity contribution in [3.63, 3.8) is 0 Å². The molecule has 1 N–H and O–H groups in total. The molecular weight excluding hydrogens is 348 g/mol. The summed E-state index contributed by atoms with van der Waals surface area (Å²) in [5.41, 5.74) is 0.751. The van der Waals surface area contributed by atoms with Crippen molar-refractivity contribution in [1.82, 2.24) is 10.2 Å². The van der Waals surface area contributed by atoms with Gasteiger partial charge in [-0.2, -0.15) is 0 Å². The van der Waals surface area contributed by atoms with Gasteiger partial charge >= 0.3 is 0 Å². The van der Waals surface area contributed by atoms with Crippen LogP contribution in [-0.4, -0.2) is 50.5 Å². The first-order valence-corrected chi connectivity index (χ1v) is 8.86. The van der Waals surface area contributed by atoms with Crippen LogP contribution < -0.4 is 24.4 Å². The van der Waals surface area contributed by atoms with Gasteiger partial charge in [0.15, 0.2) is 23.0 Å². The number of piperidine rings is 1. The van der Waals surface area contributed by atoms with Crippen LogP contribution in [0.5, 0.6) is 17.2 Å². The van der Waals surface area contributed by atoms with Crippen LogP contribution in [0, 0.1) is 0 Å². The molecular formula is C19H24N4O4. The molecule has 144 valence electrons. The predicted octanol–water partition coefficient (Wildman–Crippen LogP) is 2.75. The maximum atomic E-state index is 12.5. The lowest BCUT2D eigenvalue weighted by atomic mass is 10.1. The number of benzene rings is 1. The number of hydrogen-bond acceptors (Lipinski definition) is 7. The Morgan fingerprint density at radius 3 is 2.15 bits per heavy atom. The molecule has 8 heteroatoms. The highest BCUT2D eigenvalue weighted by atomic mass is 16.5. The van der Waals surface area contributed by atoms with Gasteiger partial charge in [-0.05, 0) is 31.4 Å². The molecule has 3 rings (SSSR count). The van der Waals surface area contributed by atoms with Gasteiger partial charge in [0.2, 0.25) is 5.75 Å². The van der Waals surface area contributed by atoms with Crippen LogP contribution in [0.3, 0.4) is 0 Å². The summed E-state index contributed by atoms with van der Waals surface area (Å²) in [5.74, 6) is 1.82. The molecule has 0 bridgehead atoms. The van der Waals surface area contributed by atoms with Crippen LogP contribution in [0.25, 0.3) is 0 Å². The van der Waals surface area contributed by atoms with Gasteiger partial charge in [0.05, 0.1) is 21.3 Å². The maximum absolute atomic E-state index is 12.5. The van der Waals surface area contributed by atoms with Crippen molar-refractivity contribution >= 4 is 17.4 Å². The summed E-state index contributed by atoms with van der Waals surface area (Å²) in [5, 5.41) is 11.1. The average Bonchev–Trinajstić information content (AvgIpc) is 2.73. The van der Waals surface area contributed by atoms with Crippen molar-refractivity contribution in [3.05, 3.63) is 30.0 Å². The third kappa shape index (κ3) is 4.21. The molecule has 1 aromatic heterocycles. The van der Waals surface area contributed by atoms with Gasteiger partial charge in [-0.25, -0.2) is 0 Å². The molecule has 0 atom stereocenters. The fraction of sp³-hybridized carbons (Fsp3) is 0.421. The van der Waals surface area contributed by atoms with Crippen molar-refractivity contribution in [2.75, 3.05) is 44.6 Å². The summed E-state index contributed by atoms with van der Waals surface area (Å²) >= 11 is 0. The largest absolute Gasteiger partial charge is 0.493 e. The van der Waals surface area contributed by atoms with Crippen molar-refractivity contribution in [3.8, 4) is 17.2 Å². The lowest BCUT2D eigenvalue weighted by Crippen LogP contribution is -2.30. The minimum atomic E-state index is -0.359. The van der Waals surface area contributed by atoms with E-state index in [2.05, 4.69) is 20.4 Å². The number of anilines is 2. The van der Waals surface area contributed by atoms with E-state index in [1.165, 1.54) is 27.8 Å². The SMILES string of the molecule is COc1cc(NC(=O)c2ccc(N3CCCCC3)nn2)cc(OC)c1OC. The Morgan fingerprint density at radius 2 is 1.63 bits per heavy atom. The number of aromatic nitrogens is 2. The standard InChI is InChI=1S/C19H24N4O4/c1-25-15-11-13(12-16(26-2)18(15)27-3)20-19(24)14-7-8-17(22-21-14)23-9-5-4-6-10-23/h7-8,11-12H,4-6,9-10H2,1-3H3,(H,20,24). The number of rotatable bonds is 6. The summed E-state index contributed by atoms with van der Waals surface area (Å²) < 4.78 is 15.9. The molecule has 27 heavy (non-hydrogen) atoms. The van der Waals surface area contributed by atoms with E-state index in [-0.39, 0.29) is 11.6 Å². The maximum Gasteiger partial charge on any atom is 0.276 e. The van der Waals surface area contributed by atoms with E-state index >= 15 is 0 Å². The first-order chi connectivity index (χ1) is 13.2. The third-order valence-corrected chi connectivity index (χ3v) is 4.49. The van der Waals surface area contributed by atoms with Gasteiger partial charge < -0.3 is 24.4 Å². The van der Waals surface area contributed by atoms with Gasteiger partial charge in [-0.1, -0.05) is 0 Å². The Balaban J connectivity index is 1.75. The van der Waals surface area contributed by atoms with E-state index in [1.54, 1.807) is 18.2 Å². The monoisotopic (exact) mass is 372 g/mol. The first kappa shape index (κ1) is 18.8. The normalized spacial score (nSPS) is 13.8. The third-order valence-electron chi connectivity index (χ3n) is 4.49. The molecule has 1 aliphatic heterocycles. The van der Waals surface area contributed by atoms with Crippen LogP contribution in [0.15, 0.2) is 24.3 Å². The number of hydrogen-bond donors (Lipinski definition) is 1. The highest BCUT2D eigenvalue weighted by molar-refractivity contribution is 6.03. The number of carbonyl (C=O) groups excluding carboxylic acids is 1. The van der Waals surface area contributed by atoms with Gasteiger partial charge in [0, 0.05) is 30.9 Å². The summed E-state index contributed by atoms with van der Waals surface area (Å²) in [6.45, 7) is 1.96. The van der Waals surface area contributed by atoms with E-state index in [4.69, 9.17) is 14.2 Å². The van der Waals surface area contributed by atoms with Crippen molar-refractivity contribution in [2.24, 2.45) is 0 Å². The van der Waals surface area contributed by atoms with Crippen molar-refractivity contribution in [2.45, 2.75) is 19.3 Å². The molecule has 0 spiro atoms. The minimum absolute atomic E-state index is 0.240. The summed E-state index contributed by atoms with van der Waals surface area (Å²) in [6, 6.07) is 6.84. The Kier molecular flexibility index (Phi) is 5.95. The van der Waals surface area contributed by atoms with E-state index in [0.29, 0.717) is 22.9 Å². The van der Waals surface area contributed by atoms with Gasteiger partial charge in [0.1, 0.15) is 0 Å². The Hall–Kier alpha value is -3.03. The highest BCUT2D eigenvalue weighted by Gasteiger charge is 2.17. The Morgan fingerprint density at radius 1 is 0.963 bits per heavy atom. The second-order valence-electron chi connectivity index (χ2n) is 6.19. The van der Waals surface area contributed by atoms with E-state index in [1.807, 2.05) is 6.07 Å². The number of ether oxygens (including phenoxy) is 3. The summed E-state index contributed by atoms with van der Waals surface area (Å²) in [4.78, 5) is 14.7. The molecule has 8 nitrogen and oxygen atoms in total. The first-order valence-electron chi connectivity index (χ1n) is 8.86. The molecule has 1 aromatic carbocycles. The zero-order valence-corrected chi connectivity index (χ0v) is 15.8. The topological polar surface area (TPSA) is 85.8 Å². The second-order valence-corrected chi connectivity index (χ2v) is 6.19. The van der Waals surface area contributed by atoms with Crippen molar-refractivity contribution in [1.29, 1.82) is 0 Å². The van der Waals surface area contributed by atoms with Crippen LogP contribution in [0.4, 0.5) is 11.5 Å². The zero-order valence-electron chi connectivity index (χ0n) is 15.8. The molecule has 1 aliphatic rings. The van der Waals surface area contributed by atoms with E-state index < -0.39 is 0 Å². The molecule has 2 aromatic rings. The molecule has 2 heterocycles. The average molecular weight is 372 g/mol. The fourth-order valence-corrected chi connectivity index (χ4v) is 3.09. The molecule has 1 fully saturated rings. The smallest absolute Gasteiger partial charge is 0.276 e. The second kappa shape index (κ2) is 8.57. The van der Waals surface area contributed by atoms with Crippen LogP contribution in [-0.2, 0) is 0 Å². The van der Waals surface area contributed by atoms with Crippen LogP contribution in [0.1, 0.15) is 29.8 Å². The quantitative estimate of drug-likeness (QED) is 0.834. The summed E-state index contributed by atoms with van der Waals surface area (Å²) in [7, 11) is 4.57. The molecule has 0 radical (unpaired) electrons. The number of carbonyl (C=O) groups is 1. The summed E-state index contributed by atoms with van der Waals surface area (Å²) in [6.07, 6.45) is 3.56. The molecule has 1 saturated heterocycles. The van der Waals surface area contributed by atoms with E-state index in [9.17, 15) is 4.79 Å². The Bertz CT molecular complexity index is 764. The fourth-order valence-electron chi connectivity index (χ4n) is 3.09. The molecule has 1 amide bonds.